The number of ether oxygens (including phenoxy) is 2. The first kappa shape index (κ1) is 24.0. The van der Waals surface area contributed by atoms with Gasteiger partial charge in [-0.1, -0.05) is 0 Å². The summed E-state index contributed by atoms with van der Waals surface area (Å²) in [5.41, 5.74) is 4.66. The van der Waals surface area contributed by atoms with Gasteiger partial charge >= 0.3 is 0 Å². The molecule has 1 atom stereocenters. The van der Waals surface area contributed by atoms with Crippen LogP contribution in [-0.4, -0.2) is 50.3 Å². The van der Waals surface area contributed by atoms with E-state index in [4.69, 9.17) is 9.47 Å². The highest BCUT2D eigenvalue weighted by Crippen LogP contribution is 2.27. The van der Waals surface area contributed by atoms with Gasteiger partial charge in [-0.15, -0.1) is 11.3 Å². The summed E-state index contributed by atoms with van der Waals surface area (Å²) in [6, 6.07) is 10.0. The minimum Gasteiger partial charge on any atom is -0.494 e. The lowest BCUT2D eigenvalue weighted by Crippen LogP contribution is -2.47. The predicted molar refractivity (Wildman–Crippen MR) is 120 cm³/mol. The Bertz CT molecular complexity index is 1030. The van der Waals surface area contributed by atoms with Gasteiger partial charge in [0.2, 0.25) is 5.91 Å². The number of nitrogens with zero attached hydrogens (tertiary/aromatic N) is 1. The van der Waals surface area contributed by atoms with E-state index in [9.17, 15) is 18.0 Å². The average Bonchev–Trinajstić information content (AvgIpc) is 3.46. The van der Waals surface area contributed by atoms with Crippen molar-refractivity contribution in [3.05, 3.63) is 41.3 Å². The van der Waals surface area contributed by atoms with E-state index in [0.29, 0.717) is 36.1 Å². The first-order valence-corrected chi connectivity index (χ1v) is 12.6. The molecule has 2 N–H and O–H groups in total. The zero-order valence-corrected chi connectivity index (χ0v) is 19.6. The Kier molecular flexibility index (Phi) is 8.10. The Morgan fingerprint density at radius 2 is 1.72 bits per heavy atom. The molecule has 0 aliphatic carbocycles. The van der Waals surface area contributed by atoms with E-state index in [2.05, 4.69) is 10.9 Å². The lowest BCUT2D eigenvalue weighted by molar-refractivity contribution is -0.132. The molecular formula is C21H27N3O6S2. The van der Waals surface area contributed by atoms with Crippen molar-refractivity contribution in [3.8, 4) is 11.5 Å². The van der Waals surface area contributed by atoms with E-state index in [0.717, 1.165) is 24.2 Å². The monoisotopic (exact) mass is 481 g/mol. The molecule has 0 saturated carbocycles. The molecule has 11 heteroatoms. The highest BCUT2D eigenvalue weighted by atomic mass is 32.2. The van der Waals surface area contributed by atoms with Crippen LogP contribution in [0.15, 0.2) is 40.6 Å². The van der Waals surface area contributed by atoms with E-state index in [1.807, 2.05) is 6.92 Å². The number of hydrogen-bond donors (Lipinski definition) is 2. The quantitative estimate of drug-likeness (QED) is 0.530. The van der Waals surface area contributed by atoms with E-state index >= 15 is 0 Å². The summed E-state index contributed by atoms with van der Waals surface area (Å²) >= 11 is 1.06. The second-order valence-electron chi connectivity index (χ2n) is 7.21. The van der Waals surface area contributed by atoms with Crippen LogP contribution in [0.3, 0.4) is 0 Å². The van der Waals surface area contributed by atoms with Gasteiger partial charge in [0.25, 0.3) is 15.9 Å². The third-order valence-corrected chi connectivity index (χ3v) is 8.22. The summed E-state index contributed by atoms with van der Waals surface area (Å²) in [5.74, 6) is 0.219. The molecule has 174 valence electrons. The highest BCUT2D eigenvalue weighted by molar-refractivity contribution is 7.91. The molecule has 2 heterocycles. The van der Waals surface area contributed by atoms with Crippen molar-refractivity contribution in [1.82, 2.24) is 15.2 Å². The van der Waals surface area contributed by atoms with Gasteiger partial charge in [0, 0.05) is 18.0 Å². The summed E-state index contributed by atoms with van der Waals surface area (Å²) < 4.78 is 37.8. The summed E-state index contributed by atoms with van der Waals surface area (Å²) in [4.78, 5) is 25.0. The minimum atomic E-state index is -3.50. The Labute approximate surface area is 191 Å². The lowest BCUT2D eigenvalue weighted by atomic mass is 10.3. The van der Waals surface area contributed by atoms with Crippen molar-refractivity contribution in [3.63, 3.8) is 0 Å². The lowest BCUT2D eigenvalue weighted by Gasteiger charge is -2.15. The molecule has 3 rings (SSSR count). The number of nitrogens with one attached hydrogen (secondary N) is 2. The summed E-state index contributed by atoms with van der Waals surface area (Å²) in [7, 11) is -3.50. The topological polar surface area (TPSA) is 114 Å². The maximum Gasteiger partial charge on any atom is 0.279 e. The van der Waals surface area contributed by atoms with Crippen LogP contribution < -0.4 is 20.3 Å². The predicted octanol–water partition coefficient (Wildman–Crippen LogP) is 2.09. The van der Waals surface area contributed by atoms with Crippen molar-refractivity contribution >= 4 is 33.2 Å². The second kappa shape index (κ2) is 10.8. The average molecular weight is 482 g/mol. The van der Waals surface area contributed by atoms with Gasteiger partial charge in [-0.2, -0.15) is 4.31 Å². The summed E-state index contributed by atoms with van der Waals surface area (Å²) in [6.45, 7) is 5.06. The summed E-state index contributed by atoms with van der Waals surface area (Å²) in [5, 5.41) is 0. The van der Waals surface area contributed by atoms with Crippen molar-refractivity contribution in [2.45, 2.75) is 43.4 Å². The number of rotatable bonds is 9. The molecule has 2 amide bonds. The largest absolute Gasteiger partial charge is 0.494 e. The van der Waals surface area contributed by atoms with Crippen LogP contribution in [0.1, 0.15) is 31.6 Å². The molecule has 2 aromatic rings. The molecule has 1 aromatic carbocycles. The van der Waals surface area contributed by atoms with E-state index < -0.39 is 27.9 Å². The van der Waals surface area contributed by atoms with Crippen LogP contribution in [0.25, 0.3) is 0 Å². The second-order valence-corrected chi connectivity index (χ2v) is 10.5. The van der Waals surface area contributed by atoms with Crippen LogP contribution in [0.4, 0.5) is 0 Å². The molecule has 1 saturated heterocycles. The van der Waals surface area contributed by atoms with Crippen LogP contribution in [0.2, 0.25) is 0 Å². The van der Waals surface area contributed by atoms with Gasteiger partial charge in [0.1, 0.15) is 15.7 Å². The van der Waals surface area contributed by atoms with Gasteiger partial charge in [0.15, 0.2) is 6.10 Å². The fraction of sp³-hybridized carbons (Fsp3) is 0.429. The van der Waals surface area contributed by atoms with Crippen LogP contribution >= 0.6 is 11.3 Å². The highest BCUT2D eigenvalue weighted by Gasteiger charge is 2.28. The zero-order valence-electron chi connectivity index (χ0n) is 18.0. The third-order valence-electron chi connectivity index (χ3n) is 4.77. The minimum absolute atomic E-state index is 0.0470. The number of sulfonamides is 1. The van der Waals surface area contributed by atoms with Crippen molar-refractivity contribution in [2.75, 3.05) is 19.7 Å². The van der Waals surface area contributed by atoms with Crippen molar-refractivity contribution in [1.29, 1.82) is 0 Å². The van der Waals surface area contributed by atoms with Crippen molar-refractivity contribution < 1.29 is 27.5 Å². The van der Waals surface area contributed by atoms with E-state index in [1.165, 1.54) is 10.4 Å². The molecule has 1 aromatic heterocycles. The fourth-order valence-electron chi connectivity index (χ4n) is 3.12. The Balaban J connectivity index is 1.46. The molecule has 0 radical (unpaired) electrons. The molecule has 1 aliphatic rings. The van der Waals surface area contributed by atoms with Crippen LogP contribution in [0.5, 0.6) is 11.5 Å². The first-order valence-electron chi connectivity index (χ1n) is 10.4. The molecular weight excluding hydrogens is 454 g/mol. The van der Waals surface area contributed by atoms with Crippen LogP contribution in [0, 0.1) is 0 Å². The van der Waals surface area contributed by atoms with Gasteiger partial charge in [-0.3, -0.25) is 20.4 Å². The molecule has 1 unspecified atom stereocenters. The van der Waals surface area contributed by atoms with Gasteiger partial charge in [-0.25, -0.2) is 8.42 Å². The zero-order chi connectivity index (χ0) is 23.1. The number of benzene rings is 1. The number of thiophene rings is 1. The molecule has 0 spiro atoms. The smallest absolute Gasteiger partial charge is 0.279 e. The number of amides is 2. The van der Waals surface area contributed by atoms with E-state index in [1.54, 1.807) is 37.3 Å². The molecule has 1 aliphatic heterocycles. The maximum atomic E-state index is 12.6. The van der Waals surface area contributed by atoms with Gasteiger partial charge < -0.3 is 9.47 Å². The number of hydrogen-bond acceptors (Lipinski definition) is 7. The van der Waals surface area contributed by atoms with Gasteiger partial charge in [0.05, 0.1) is 13.0 Å². The summed E-state index contributed by atoms with van der Waals surface area (Å²) in [6.07, 6.45) is 0.835. The number of hydrazine groups is 1. The van der Waals surface area contributed by atoms with Crippen LogP contribution in [-0.2, 0) is 26.0 Å². The first-order chi connectivity index (χ1) is 15.3. The molecule has 1 fully saturated rings. The number of carbonyl (C=O) groups excluding carboxylic acids is 2. The number of carbonyl (C=O) groups is 2. The maximum absolute atomic E-state index is 12.6. The standard InChI is InChI=1S/C21H27N3O6S2/c1-3-29-16-6-8-17(9-7-16)30-15(2)21(26)23-22-19(25)14-18-10-11-20(31-18)32(27,28)24-12-4-5-13-24/h6-11,15H,3-5,12-14H2,1-2H3,(H,22,25)(H,23,26). The fourth-order valence-corrected chi connectivity index (χ4v) is 6.15. The molecule has 32 heavy (non-hydrogen) atoms. The third kappa shape index (κ3) is 6.21. The Morgan fingerprint density at radius 3 is 2.38 bits per heavy atom. The normalized spacial score (nSPS) is 15.2. The van der Waals surface area contributed by atoms with Gasteiger partial charge in [-0.05, 0) is 63.1 Å². The van der Waals surface area contributed by atoms with E-state index in [-0.39, 0.29) is 10.6 Å². The SMILES string of the molecule is CCOc1ccc(OC(C)C(=O)NNC(=O)Cc2ccc(S(=O)(=O)N3CCCC3)s2)cc1. The molecule has 0 bridgehead atoms. The molecule has 9 nitrogen and oxygen atoms in total. The van der Waals surface area contributed by atoms with Crippen molar-refractivity contribution in [2.24, 2.45) is 0 Å². The Morgan fingerprint density at radius 1 is 1.06 bits per heavy atom. The Hall–Kier alpha value is -2.63.